The van der Waals surface area contributed by atoms with Gasteiger partial charge < -0.3 is 10.7 Å². The van der Waals surface area contributed by atoms with Crippen LogP contribution in [0.3, 0.4) is 0 Å². The van der Waals surface area contributed by atoms with Crippen LogP contribution in [-0.4, -0.2) is 15.9 Å². The smallest absolute Gasteiger partial charge is 0.229 e. The average molecular weight is 234 g/mol. The van der Waals surface area contributed by atoms with Crippen molar-refractivity contribution in [2.45, 2.75) is 6.42 Å². The summed E-state index contributed by atoms with van der Waals surface area (Å²) in [5, 5.41) is 1.34. The first-order valence-corrected chi connectivity index (χ1v) is 4.95. The highest BCUT2D eigenvalue weighted by Crippen LogP contribution is 2.23. The molecule has 0 unspecified atom stereocenters. The van der Waals surface area contributed by atoms with E-state index in [1.807, 2.05) is 0 Å². The van der Waals surface area contributed by atoms with Crippen molar-refractivity contribution in [3.8, 4) is 11.8 Å². The van der Waals surface area contributed by atoms with Gasteiger partial charge in [0.1, 0.15) is 5.65 Å². The van der Waals surface area contributed by atoms with E-state index in [1.54, 1.807) is 18.5 Å². The topological polar surface area (TPSA) is 71.8 Å². The van der Waals surface area contributed by atoms with Crippen molar-refractivity contribution in [3.05, 3.63) is 29.0 Å². The quantitative estimate of drug-likeness (QED) is 0.732. The number of hydrogen-bond acceptors (Lipinski definition) is 2. The van der Waals surface area contributed by atoms with Gasteiger partial charge in [-0.1, -0.05) is 23.4 Å². The highest BCUT2D eigenvalue weighted by molar-refractivity contribution is 6.35. The summed E-state index contributed by atoms with van der Waals surface area (Å²) in [5.74, 6) is 5.06. The predicted octanol–water partition coefficient (Wildman–Crippen LogP) is 1.44. The van der Waals surface area contributed by atoms with Crippen LogP contribution >= 0.6 is 11.6 Å². The van der Waals surface area contributed by atoms with Gasteiger partial charge in [0, 0.05) is 12.4 Å². The summed E-state index contributed by atoms with van der Waals surface area (Å²) in [6.07, 6.45) is 3.35. The minimum absolute atomic E-state index is 0.0323. The van der Waals surface area contributed by atoms with Gasteiger partial charge in [-0.05, 0) is 6.07 Å². The maximum Gasteiger partial charge on any atom is 0.229 e. The van der Waals surface area contributed by atoms with Crippen molar-refractivity contribution in [3.63, 3.8) is 0 Å². The third-order valence-electron chi connectivity index (χ3n) is 2.01. The van der Waals surface area contributed by atoms with Crippen molar-refractivity contribution in [2.75, 3.05) is 0 Å². The molecular weight excluding hydrogens is 226 g/mol. The van der Waals surface area contributed by atoms with E-state index in [9.17, 15) is 4.79 Å². The van der Waals surface area contributed by atoms with E-state index >= 15 is 0 Å². The number of hydrogen-bond donors (Lipinski definition) is 2. The number of nitrogens with one attached hydrogen (secondary N) is 1. The molecule has 3 N–H and O–H groups in total. The zero-order valence-corrected chi connectivity index (χ0v) is 9.01. The van der Waals surface area contributed by atoms with Crippen LogP contribution < -0.4 is 5.73 Å². The second-order valence-electron chi connectivity index (χ2n) is 3.16. The third kappa shape index (κ3) is 2.00. The van der Waals surface area contributed by atoms with E-state index in [4.69, 9.17) is 17.3 Å². The summed E-state index contributed by atoms with van der Waals surface area (Å²) in [5.41, 5.74) is 6.38. The van der Waals surface area contributed by atoms with Crippen LogP contribution in [0.25, 0.3) is 11.0 Å². The highest BCUT2D eigenvalue weighted by atomic mass is 35.5. The van der Waals surface area contributed by atoms with E-state index in [-0.39, 0.29) is 6.42 Å². The maximum atomic E-state index is 10.5. The molecule has 0 saturated carbocycles. The Bertz CT molecular complexity index is 606. The van der Waals surface area contributed by atoms with Crippen LogP contribution in [0.4, 0.5) is 0 Å². The maximum absolute atomic E-state index is 10.5. The number of amides is 1. The number of H-pyrrole nitrogens is 1. The number of aromatic amines is 1. The number of halogens is 1. The highest BCUT2D eigenvalue weighted by Gasteiger charge is 2.05. The zero-order chi connectivity index (χ0) is 11.5. The number of nitrogens with zero attached hydrogens (tertiary/aromatic N) is 1. The van der Waals surface area contributed by atoms with Crippen LogP contribution in [0, 0.1) is 11.8 Å². The summed E-state index contributed by atoms with van der Waals surface area (Å²) >= 11 is 6.03. The summed E-state index contributed by atoms with van der Waals surface area (Å²) < 4.78 is 0. The van der Waals surface area contributed by atoms with Crippen LogP contribution in [0.1, 0.15) is 12.0 Å². The molecule has 4 nitrogen and oxygen atoms in total. The summed E-state index contributed by atoms with van der Waals surface area (Å²) in [7, 11) is 0. The van der Waals surface area contributed by atoms with Gasteiger partial charge in [0.15, 0.2) is 0 Å². The molecule has 2 aromatic rings. The van der Waals surface area contributed by atoms with E-state index in [2.05, 4.69) is 21.8 Å². The number of carbonyl (C=O) groups is 1. The predicted molar refractivity (Wildman–Crippen MR) is 61.8 cm³/mol. The Labute approximate surface area is 96.8 Å². The molecule has 0 bridgehead atoms. The molecule has 5 heteroatoms. The molecule has 0 aliphatic rings. The van der Waals surface area contributed by atoms with Crippen molar-refractivity contribution in [1.29, 1.82) is 0 Å². The second-order valence-corrected chi connectivity index (χ2v) is 3.57. The monoisotopic (exact) mass is 233 g/mol. The molecule has 2 heterocycles. The van der Waals surface area contributed by atoms with Crippen molar-refractivity contribution in [2.24, 2.45) is 5.73 Å². The van der Waals surface area contributed by atoms with Gasteiger partial charge in [0.05, 0.1) is 22.4 Å². The number of nitrogens with two attached hydrogens (primary N) is 1. The van der Waals surface area contributed by atoms with E-state index in [1.165, 1.54) is 0 Å². The Hall–Kier alpha value is -1.99. The number of pyridine rings is 1. The Kier molecular flexibility index (Phi) is 2.80. The molecule has 2 aromatic heterocycles. The molecule has 80 valence electrons. The summed E-state index contributed by atoms with van der Waals surface area (Å²) in [6.45, 7) is 0. The molecular formula is C11H8ClN3O. The molecule has 1 amide bonds. The molecule has 0 fully saturated rings. The molecule has 0 aliphatic heterocycles. The Morgan fingerprint density at radius 1 is 1.62 bits per heavy atom. The summed E-state index contributed by atoms with van der Waals surface area (Å²) in [6, 6.07) is 1.69. The largest absolute Gasteiger partial charge is 0.369 e. The number of primary amides is 1. The van der Waals surface area contributed by atoms with E-state index < -0.39 is 5.91 Å². The fourth-order valence-electron chi connectivity index (χ4n) is 1.34. The molecule has 0 spiro atoms. The second kappa shape index (κ2) is 4.25. The molecule has 0 aliphatic carbocycles. The Morgan fingerprint density at radius 3 is 3.19 bits per heavy atom. The minimum Gasteiger partial charge on any atom is -0.369 e. The number of rotatable bonds is 1. The van der Waals surface area contributed by atoms with E-state index in [0.29, 0.717) is 16.2 Å². The SMILES string of the molecule is NC(=O)CC#Cc1c[nH]c2nccc(Cl)c12. The van der Waals surface area contributed by atoms with Gasteiger partial charge in [-0.25, -0.2) is 4.98 Å². The van der Waals surface area contributed by atoms with Gasteiger partial charge in [0.25, 0.3) is 0 Å². The van der Waals surface area contributed by atoms with Crippen molar-refractivity contribution >= 4 is 28.5 Å². The first-order chi connectivity index (χ1) is 7.68. The zero-order valence-electron chi connectivity index (χ0n) is 8.25. The Morgan fingerprint density at radius 2 is 2.44 bits per heavy atom. The first-order valence-electron chi connectivity index (χ1n) is 4.57. The van der Waals surface area contributed by atoms with E-state index in [0.717, 1.165) is 5.39 Å². The molecule has 16 heavy (non-hydrogen) atoms. The fraction of sp³-hybridized carbons (Fsp3) is 0.0909. The lowest BCUT2D eigenvalue weighted by atomic mass is 10.2. The standard InChI is InChI=1S/C11H8ClN3O/c12-8-4-5-14-11-10(8)7(6-15-11)2-1-3-9(13)16/h4-6H,3H2,(H2,13,16)(H,14,15). The van der Waals surface area contributed by atoms with Crippen molar-refractivity contribution in [1.82, 2.24) is 9.97 Å². The minimum atomic E-state index is -0.448. The Balaban J connectivity index is 2.44. The molecule has 2 rings (SSSR count). The van der Waals surface area contributed by atoms with Crippen LogP contribution in [0.15, 0.2) is 18.5 Å². The van der Waals surface area contributed by atoms with Gasteiger partial charge in [-0.15, -0.1) is 0 Å². The molecule has 0 aromatic carbocycles. The molecule has 0 radical (unpaired) electrons. The van der Waals surface area contributed by atoms with Crippen LogP contribution in [0.2, 0.25) is 5.02 Å². The van der Waals surface area contributed by atoms with Gasteiger partial charge >= 0.3 is 0 Å². The lowest BCUT2D eigenvalue weighted by Crippen LogP contribution is -2.08. The lowest BCUT2D eigenvalue weighted by molar-refractivity contribution is -0.117. The third-order valence-corrected chi connectivity index (χ3v) is 2.32. The number of carbonyl (C=O) groups excluding carboxylic acids is 1. The van der Waals surface area contributed by atoms with Crippen LogP contribution in [0.5, 0.6) is 0 Å². The first kappa shape index (κ1) is 10.5. The normalized spacial score (nSPS) is 9.81. The molecule has 0 atom stereocenters. The van der Waals surface area contributed by atoms with Gasteiger partial charge in [0.2, 0.25) is 5.91 Å². The fourth-order valence-corrected chi connectivity index (χ4v) is 1.59. The van der Waals surface area contributed by atoms with Gasteiger partial charge in [-0.2, -0.15) is 0 Å². The average Bonchev–Trinajstić information content (AvgIpc) is 2.62. The lowest BCUT2D eigenvalue weighted by Gasteiger charge is -1.92. The number of aromatic nitrogens is 2. The number of fused-ring (bicyclic) bond motifs is 1. The molecule has 0 saturated heterocycles. The van der Waals surface area contributed by atoms with Crippen molar-refractivity contribution < 1.29 is 4.79 Å². The van der Waals surface area contributed by atoms with Crippen LogP contribution in [-0.2, 0) is 4.79 Å². The summed E-state index contributed by atoms with van der Waals surface area (Å²) in [4.78, 5) is 17.6. The van der Waals surface area contributed by atoms with Gasteiger partial charge in [-0.3, -0.25) is 4.79 Å².